The Morgan fingerprint density at radius 1 is 1.24 bits per heavy atom. The van der Waals surface area contributed by atoms with Crippen molar-refractivity contribution in [3.8, 4) is 0 Å². The van der Waals surface area contributed by atoms with Crippen LogP contribution in [-0.2, 0) is 9.47 Å². The van der Waals surface area contributed by atoms with Crippen LogP contribution in [0.3, 0.4) is 0 Å². The average Bonchev–Trinajstić information content (AvgIpc) is 2.55. The molecule has 0 aliphatic carbocycles. The van der Waals surface area contributed by atoms with Crippen LogP contribution in [0.4, 0.5) is 5.95 Å². The van der Waals surface area contributed by atoms with Crippen LogP contribution < -0.4 is 4.90 Å². The van der Waals surface area contributed by atoms with E-state index in [2.05, 4.69) is 19.8 Å². The van der Waals surface area contributed by atoms with Crippen molar-refractivity contribution in [2.45, 2.75) is 18.4 Å². The van der Waals surface area contributed by atoms with E-state index in [-0.39, 0.29) is 5.60 Å². The van der Waals surface area contributed by atoms with Gasteiger partial charge in [0, 0.05) is 45.7 Å². The van der Waals surface area contributed by atoms with Crippen molar-refractivity contribution in [1.29, 1.82) is 0 Å². The first-order valence-corrected chi connectivity index (χ1v) is 7.69. The number of anilines is 1. The highest BCUT2D eigenvalue weighted by Gasteiger charge is 2.40. The molecule has 0 aromatic carbocycles. The molecule has 1 aromatic heterocycles. The minimum absolute atomic E-state index is 0.0268. The number of nitrogens with zero attached hydrogens (tertiary/aromatic N) is 4. The zero-order valence-corrected chi connectivity index (χ0v) is 12.7. The molecular formula is C15H24N4O2. The number of likely N-dealkylation sites (tertiary alicyclic amines) is 1. The van der Waals surface area contributed by atoms with Gasteiger partial charge in [-0.2, -0.15) is 0 Å². The lowest BCUT2D eigenvalue weighted by Gasteiger charge is -2.47. The molecule has 0 amide bonds. The Bertz CT molecular complexity index is 435. The lowest BCUT2D eigenvalue weighted by molar-refractivity contribution is -0.0927. The molecular weight excluding hydrogens is 268 g/mol. The quantitative estimate of drug-likeness (QED) is 0.818. The van der Waals surface area contributed by atoms with Gasteiger partial charge in [-0.3, -0.25) is 0 Å². The molecule has 2 fully saturated rings. The van der Waals surface area contributed by atoms with E-state index in [9.17, 15) is 0 Å². The molecule has 116 valence electrons. The maximum atomic E-state index is 6.16. The van der Waals surface area contributed by atoms with Crippen molar-refractivity contribution in [2.24, 2.45) is 0 Å². The third-order valence-corrected chi connectivity index (χ3v) is 4.46. The third-order valence-electron chi connectivity index (χ3n) is 4.46. The van der Waals surface area contributed by atoms with Gasteiger partial charge < -0.3 is 19.3 Å². The largest absolute Gasteiger partial charge is 0.383 e. The van der Waals surface area contributed by atoms with Crippen molar-refractivity contribution in [1.82, 2.24) is 14.9 Å². The number of piperidine rings is 1. The van der Waals surface area contributed by atoms with Gasteiger partial charge >= 0.3 is 0 Å². The predicted octanol–water partition coefficient (Wildman–Crippen LogP) is 0.794. The molecule has 0 bridgehead atoms. The number of methoxy groups -OCH3 is 1. The molecule has 1 spiro atoms. The molecule has 0 unspecified atom stereocenters. The highest BCUT2D eigenvalue weighted by Crippen LogP contribution is 2.31. The van der Waals surface area contributed by atoms with Gasteiger partial charge in [-0.15, -0.1) is 0 Å². The number of morpholine rings is 1. The lowest BCUT2D eigenvalue weighted by atomic mass is 9.89. The number of aromatic nitrogens is 2. The van der Waals surface area contributed by atoms with E-state index in [1.807, 2.05) is 6.07 Å². The number of rotatable bonds is 4. The Hall–Kier alpha value is -1.24. The van der Waals surface area contributed by atoms with E-state index in [0.29, 0.717) is 0 Å². The summed E-state index contributed by atoms with van der Waals surface area (Å²) in [5, 5.41) is 0. The second-order valence-corrected chi connectivity index (χ2v) is 5.84. The predicted molar refractivity (Wildman–Crippen MR) is 80.5 cm³/mol. The van der Waals surface area contributed by atoms with Crippen LogP contribution in [0.1, 0.15) is 12.8 Å². The second-order valence-electron chi connectivity index (χ2n) is 5.84. The summed E-state index contributed by atoms with van der Waals surface area (Å²) >= 11 is 0. The Morgan fingerprint density at radius 3 is 2.71 bits per heavy atom. The highest BCUT2D eigenvalue weighted by molar-refractivity contribution is 5.30. The molecule has 1 aromatic rings. The van der Waals surface area contributed by atoms with Crippen LogP contribution >= 0.6 is 0 Å². The summed E-state index contributed by atoms with van der Waals surface area (Å²) in [6.07, 6.45) is 5.75. The number of hydrogen-bond donors (Lipinski definition) is 0. The Labute approximate surface area is 126 Å². The number of hydrogen-bond acceptors (Lipinski definition) is 6. The zero-order chi connectivity index (χ0) is 14.5. The Balaban J connectivity index is 1.59. The van der Waals surface area contributed by atoms with E-state index in [0.717, 1.165) is 64.7 Å². The minimum Gasteiger partial charge on any atom is -0.383 e. The van der Waals surface area contributed by atoms with Gasteiger partial charge in [-0.05, 0) is 18.9 Å². The Morgan fingerprint density at radius 2 is 2.00 bits per heavy atom. The molecule has 3 heterocycles. The summed E-state index contributed by atoms with van der Waals surface area (Å²) in [5.41, 5.74) is -0.0268. The van der Waals surface area contributed by atoms with Crippen molar-refractivity contribution in [3.63, 3.8) is 0 Å². The summed E-state index contributed by atoms with van der Waals surface area (Å²) in [6, 6.07) is 1.86. The van der Waals surface area contributed by atoms with Gasteiger partial charge in [0.2, 0.25) is 5.95 Å². The van der Waals surface area contributed by atoms with Crippen molar-refractivity contribution in [3.05, 3.63) is 18.5 Å². The van der Waals surface area contributed by atoms with Crippen LogP contribution in [0.2, 0.25) is 0 Å². The Kier molecular flexibility index (Phi) is 4.67. The summed E-state index contributed by atoms with van der Waals surface area (Å²) < 4.78 is 11.3. The first kappa shape index (κ1) is 14.7. The van der Waals surface area contributed by atoms with Gasteiger partial charge in [0.15, 0.2) is 0 Å². The monoisotopic (exact) mass is 292 g/mol. The molecule has 0 atom stereocenters. The van der Waals surface area contributed by atoms with E-state index in [4.69, 9.17) is 9.47 Å². The smallest absolute Gasteiger partial charge is 0.225 e. The molecule has 2 aliphatic heterocycles. The standard InChI is InChI=1S/C15H24N4O2/c1-20-11-9-18-7-3-15(4-8-18)13-19(10-12-21-15)14-16-5-2-6-17-14/h2,5-6H,3-4,7-13H2,1H3. The lowest BCUT2D eigenvalue weighted by Crippen LogP contribution is -2.57. The highest BCUT2D eigenvalue weighted by atomic mass is 16.5. The van der Waals surface area contributed by atoms with Gasteiger partial charge in [-0.1, -0.05) is 0 Å². The van der Waals surface area contributed by atoms with E-state index < -0.39 is 0 Å². The van der Waals surface area contributed by atoms with Crippen LogP contribution in [0.5, 0.6) is 0 Å². The number of ether oxygens (including phenoxy) is 2. The fourth-order valence-corrected chi connectivity index (χ4v) is 3.18. The van der Waals surface area contributed by atoms with Crippen LogP contribution in [0, 0.1) is 0 Å². The van der Waals surface area contributed by atoms with Crippen molar-refractivity contribution in [2.75, 3.05) is 57.9 Å². The van der Waals surface area contributed by atoms with Gasteiger partial charge in [-0.25, -0.2) is 9.97 Å². The second kappa shape index (κ2) is 6.68. The normalized spacial score (nSPS) is 22.6. The van der Waals surface area contributed by atoms with Crippen molar-refractivity contribution < 1.29 is 9.47 Å². The average molecular weight is 292 g/mol. The maximum Gasteiger partial charge on any atom is 0.225 e. The fraction of sp³-hybridized carbons (Fsp3) is 0.733. The first-order valence-electron chi connectivity index (χ1n) is 7.69. The van der Waals surface area contributed by atoms with Gasteiger partial charge in [0.05, 0.1) is 25.4 Å². The van der Waals surface area contributed by atoms with Gasteiger partial charge in [0.1, 0.15) is 0 Å². The zero-order valence-electron chi connectivity index (χ0n) is 12.7. The van der Waals surface area contributed by atoms with Crippen LogP contribution in [-0.4, -0.2) is 73.5 Å². The van der Waals surface area contributed by atoms with E-state index >= 15 is 0 Å². The molecule has 6 nitrogen and oxygen atoms in total. The molecule has 21 heavy (non-hydrogen) atoms. The molecule has 2 aliphatic rings. The summed E-state index contributed by atoms with van der Waals surface area (Å²) in [6.45, 7) is 6.50. The molecule has 2 saturated heterocycles. The maximum absolute atomic E-state index is 6.16. The topological polar surface area (TPSA) is 50.7 Å². The SMILES string of the molecule is COCCN1CCC2(CC1)CN(c1ncccn1)CCO2. The summed E-state index contributed by atoms with van der Waals surface area (Å²) in [4.78, 5) is 13.4. The molecule has 0 saturated carbocycles. The summed E-state index contributed by atoms with van der Waals surface area (Å²) in [7, 11) is 1.76. The minimum atomic E-state index is -0.0268. The van der Waals surface area contributed by atoms with Crippen molar-refractivity contribution >= 4 is 5.95 Å². The van der Waals surface area contributed by atoms with E-state index in [1.54, 1.807) is 19.5 Å². The van der Waals surface area contributed by atoms with Gasteiger partial charge in [0.25, 0.3) is 0 Å². The molecule has 0 N–H and O–H groups in total. The fourth-order valence-electron chi connectivity index (χ4n) is 3.18. The van der Waals surface area contributed by atoms with Crippen LogP contribution in [0.15, 0.2) is 18.5 Å². The first-order chi connectivity index (χ1) is 10.3. The third kappa shape index (κ3) is 3.51. The molecule has 6 heteroatoms. The summed E-state index contributed by atoms with van der Waals surface area (Å²) in [5.74, 6) is 0.821. The van der Waals surface area contributed by atoms with Crippen LogP contribution in [0.25, 0.3) is 0 Å². The molecule has 0 radical (unpaired) electrons. The van der Waals surface area contributed by atoms with E-state index in [1.165, 1.54) is 0 Å². The molecule has 3 rings (SSSR count).